The summed E-state index contributed by atoms with van der Waals surface area (Å²) in [5, 5.41) is 9.42. The van der Waals surface area contributed by atoms with Crippen LogP contribution in [0.2, 0.25) is 0 Å². The van der Waals surface area contributed by atoms with Gasteiger partial charge in [0.2, 0.25) is 5.43 Å². The van der Waals surface area contributed by atoms with E-state index in [-0.39, 0.29) is 46.4 Å². The number of hydrogen-bond acceptors (Lipinski definition) is 5. The molecular weight excluding hydrogens is 429 g/mol. The standard InChI is InChI=1S/C21H26FN3O4.ClH.H2O/c1-21(2)9-25(7-6-12(21)23)17-15(22)13(10-4-5-10)14-16(19(17)29-3)24-8-11(18(14)26)20(27)28;;/h8,10,12H,4-7,9,23H2,1-3H3,(H,24,26)(H,27,28);1H;1H2. The zero-order chi connectivity index (χ0) is 21.1. The molecule has 2 aromatic rings. The summed E-state index contributed by atoms with van der Waals surface area (Å²) in [6.07, 6.45) is 3.40. The molecule has 1 aliphatic heterocycles. The van der Waals surface area contributed by atoms with E-state index in [0.29, 0.717) is 36.3 Å². The molecule has 8 nitrogen and oxygen atoms in total. The summed E-state index contributed by atoms with van der Waals surface area (Å²) in [6, 6.07) is 0.00842. The summed E-state index contributed by atoms with van der Waals surface area (Å²) in [4.78, 5) is 29.2. The van der Waals surface area contributed by atoms with Gasteiger partial charge in [-0.05, 0) is 30.6 Å². The number of H-pyrrole nitrogens is 1. The van der Waals surface area contributed by atoms with Gasteiger partial charge in [0.1, 0.15) is 11.3 Å². The zero-order valence-electron chi connectivity index (χ0n) is 17.8. The van der Waals surface area contributed by atoms with Crippen molar-refractivity contribution in [3.05, 3.63) is 33.4 Å². The lowest BCUT2D eigenvalue weighted by Gasteiger charge is -2.44. The van der Waals surface area contributed by atoms with Gasteiger partial charge in [0, 0.05) is 30.9 Å². The van der Waals surface area contributed by atoms with E-state index in [1.807, 2.05) is 4.90 Å². The van der Waals surface area contributed by atoms with Crippen LogP contribution in [0.1, 0.15) is 54.9 Å². The van der Waals surface area contributed by atoms with Crippen LogP contribution in [0, 0.1) is 11.2 Å². The molecule has 0 amide bonds. The Morgan fingerprint density at radius 1 is 1.35 bits per heavy atom. The second kappa shape index (κ2) is 8.64. The molecular formula is C21H29ClFN3O5. The van der Waals surface area contributed by atoms with Crippen molar-refractivity contribution in [1.82, 2.24) is 4.98 Å². The molecule has 0 bridgehead atoms. The van der Waals surface area contributed by atoms with Crippen molar-refractivity contribution in [3.63, 3.8) is 0 Å². The second-order valence-electron chi connectivity index (χ2n) is 8.78. The van der Waals surface area contributed by atoms with E-state index in [1.54, 1.807) is 0 Å². The third-order valence-electron chi connectivity index (χ3n) is 6.29. The summed E-state index contributed by atoms with van der Waals surface area (Å²) in [7, 11) is 1.43. The molecule has 6 N–H and O–H groups in total. The van der Waals surface area contributed by atoms with Crippen LogP contribution in [-0.2, 0) is 0 Å². The lowest BCUT2D eigenvalue weighted by Crippen LogP contribution is -2.52. The maximum absolute atomic E-state index is 15.9. The number of aromatic carboxylic acids is 1. The van der Waals surface area contributed by atoms with Gasteiger partial charge < -0.3 is 30.9 Å². The third kappa shape index (κ3) is 3.97. The summed E-state index contributed by atoms with van der Waals surface area (Å²) in [5.74, 6) is -1.70. The number of carboxylic acid groups (broad SMARTS) is 1. The smallest absolute Gasteiger partial charge is 0.341 e. The van der Waals surface area contributed by atoms with E-state index in [2.05, 4.69) is 18.8 Å². The van der Waals surface area contributed by atoms with Crippen molar-refractivity contribution in [1.29, 1.82) is 0 Å². The van der Waals surface area contributed by atoms with Crippen LogP contribution in [-0.4, -0.2) is 47.8 Å². The van der Waals surface area contributed by atoms with Crippen molar-refractivity contribution in [2.75, 3.05) is 25.1 Å². The van der Waals surface area contributed by atoms with E-state index < -0.39 is 22.8 Å². The van der Waals surface area contributed by atoms with Gasteiger partial charge in [-0.2, -0.15) is 0 Å². The summed E-state index contributed by atoms with van der Waals surface area (Å²) < 4.78 is 21.5. The number of rotatable bonds is 4. The van der Waals surface area contributed by atoms with Crippen molar-refractivity contribution in [3.8, 4) is 5.75 Å². The van der Waals surface area contributed by atoms with Crippen LogP contribution in [0.5, 0.6) is 5.75 Å². The fourth-order valence-electron chi connectivity index (χ4n) is 4.38. The number of aromatic amines is 1. The largest absolute Gasteiger partial charge is 0.492 e. The highest BCUT2D eigenvalue weighted by atomic mass is 35.5. The van der Waals surface area contributed by atoms with Crippen LogP contribution in [0.25, 0.3) is 10.9 Å². The van der Waals surface area contributed by atoms with Crippen LogP contribution < -0.4 is 20.8 Å². The topological polar surface area (TPSA) is 140 Å². The predicted octanol–water partition coefficient (Wildman–Crippen LogP) is 2.41. The van der Waals surface area contributed by atoms with Gasteiger partial charge in [-0.25, -0.2) is 9.18 Å². The molecule has 1 aliphatic carbocycles. The van der Waals surface area contributed by atoms with Gasteiger partial charge in [0.25, 0.3) is 0 Å². The molecule has 31 heavy (non-hydrogen) atoms. The molecule has 1 unspecified atom stereocenters. The molecule has 4 rings (SSSR count). The van der Waals surface area contributed by atoms with Gasteiger partial charge in [0.15, 0.2) is 11.6 Å². The molecule has 2 aliphatic rings. The number of methoxy groups -OCH3 is 1. The predicted molar refractivity (Wildman–Crippen MR) is 119 cm³/mol. The molecule has 10 heteroatoms. The number of pyridine rings is 1. The molecule has 0 spiro atoms. The number of halogens is 2. The fraction of sp³-hybridized carbons (Fsp3) is 0.524. The molecule has 2 fully saturated rings. The average molecular weight is 458 g/mol. The number of benzene rings is 1. The van der Waals surface area contributed by atoms with E-state index in [0.717, 1.165) is 19.0 Å². The number of ether oxygens (including phenoxy) is 1. The van der Waals surface area contributed by atoms with Crippen LogP contribution >= 0.6 is 12.4 Å². The highest BCUT2D eigenvalue weighted by Crippen LogP contribution is 2.50. The number of nitrogens with one attached hydrogen (secondary N) is 1. The van der Waals surface area contributed by atoms with E-state index in [9.17, 15) is 14.7 Å². The van der Waals surface area contributed by atoms with Gasteiger partial charge in [-0.1, -0.05) is 13.8 Å². The Kier molecular flexibility index (Phi) is 6.94. The van der Waals surface area contributed by atoms with Crippen molar-refractivity contribution >= 4 is 35.0 Å². The minimum absolute atomic E-state index is 0. The summed E-state index contributed by atoms with van der Waals surface area (Å²) in [6.45, 7) is 5.23. The first-order valence-electron chi connectivity index (χ1n) is 9.86. The van der Waals surface area contributed by atoms with E-state index in [4.69, 9.17) is 10.5 Å². The average Bonchev–Trinajstić information content (AvgIpc) is 3.48. The van der Waals surface area contributed by atoms with Crippen molar-refractivity contribution in [2.24, 2.45) is 11.1 Å². The third-order valence-corrected chi connectivity index (χ3v) is 6.29. The molecule has 1 atom stereocenters. The Morgan fingerprint density at radius 3 is 2.52 bits per heavy atom. The van der Waals surface area contributed by atoms with Crippen LogP contribution in [0.15, 0.2) is 11.0 Å². The minimum atomic E-state index is -1.34. The molecule has 1 saturated heterocycles. The highest BCUT2D eigenvalue weighted by molar-refractivity contribution is 5.98. The Balaban J connectivity index is 0.00000171. The molecule has 172 valence electrons. The maximum Gasteiger partial charge on any atom is 0.341 e. The van der Waals surface area contributed by atoms with Crippen LogP contribution in [0.3, 0.4) is 0 Å². The SMILES string of the molecule is COc1c(N2CCC(N)C(C)(C)C2)c(F)c(C2CC2)c2c(=O)c(C(=O)O)c[nH]c12.Cl.O. The van der Waals surface area contributed by atoms with E-state index in [1.165, 1.54) is 7.11 Å². The zero-order valence-corrected chi connectivity index (χ0v) is 18.6. The Hall–Kier alpha value is -2.36. The number of piperidine rings is 1. The van der Waals surface area contributed by atoms with Crippen LogP contribution in [0.4, 0.5) is 10.1 Å². The Labute approximate surface area is 185 Å². The van der Waals surface area contributed by atoms with Crippen molar-refractivity contribution < 1.29 is 24.5 Å². The minimum Gasteiger partial charge on any atom is -0.492 e. The number of carboxylic acids is 1. The molecule has 2 heterocycles. The molecule has 1 aromatic heterocycles. The summed E-state index contributed by atoms with van der Waals surface area (Å²) >= 11 is 0. The number of nitrogens with two attached hydrogens (primary N) is 1. The fourth-order valence-corrected chi connectivity index (χ4v) is 4.38. The Morgan fingerprint density at radius 2 is 2.00 bits per heavy atom. The molecule has 1 saturated carbocycles. The first kappa shape index (κ1) is 24.9. The van der Waals surface area contributed by atoms with Gasteiger partial charge in [-0.3, -0.25) is 4.79 Å². The quantitative estimate of drug-likeness (QED) is 0.643. The number of anilines is 1. The summed E-state index contributed by atoms with van der Waals surface area (Å²) in [5.41, 5.74) is 5.91. The Bertz CT molecular complexity index is 1070. The highest BCUT2D eigenvalue weighted by Gasteiger charge is 2.39. The number of nitrogens with zero attached hydrogens (tertiary/aromatic N) is 1. The number of carbonyl (C=O) groups is 1. The van der Waals surface area contributed by atoms with Crippen molar-refractivity contribution in [2.45, 2.75) is 45.1 Å². The lowest BCUT2D eigenvalue weighted by molar-refractivity contribution is 0.0695. The second-order valence-corrected chi connectivity index (χ2v) is 8.78. The van der Waals surface area contributed by atoms with Gasteiger partial charge in [0.05, 0.1) is 18.0 Å². The number of fused-ring (bicyclic) bond motifs is 1. The first-order valence-corrected chi connectivity index (χ1v) is 9.86. The normalized spacial score (nSPS) is 20.0. The lowest BCUT2D eigenvalue weighted by atomic mass is 9.79. The monoisotopic (exact) mass is 457 g/mol. The first-order chi connectivity index (χ1) is 13.7. The number of hydrogen-bond donors (Lipinski definition) is 3. The molecule has 1 aromatic carbocycles. The van der Waals surface area contributed by atoms with Gasteiger partial charge >= 0.3 is 5.97 Å². The van der Waals surface area contributed by atoms with E-state index >= 15 is 4.39 Å². The van der Waals surface area contributed by atoms with Gasteiger partial charge in [-0.15, -0.1) is 12.4 Å². The molecule has 0 radical (unpaired) electrons. The number of aromatic nitrogens is 1. The maximum atomic E-state index is 15.9.